The lowest BCUT2D eigenvalue weighted by Crippen LogP contribution is -2.33. The predicted octanol–water partition coefficient (Wildman–Crippen LogP) is 2.60. The summed E-state index contributed by atoms with van der Waals surface area (Å²) in [5.41, 5.74) is 1.36. The van der Waals surface area contributed by atoms with Crippen molar-refractivity contribution in [1.29, 1.82) is 0 Å². The Labute approximate surface area is 198 Å². The van der Waals surface area contributed by atoms with Gasteiger partial charge in [-0.2, -0.15) is 0 Å². The number of hydrogen-bond donors (Lipinski definition) is 2. The van der Waals surface area contributed by atoms with Crippen LogP contribution in [0.5, 0.6) is 11.5 Å². The number of hydrogen-bond acceptors (Lipinski definition) is 6. The fourth-order valence-electron chi connectivity index (χ4n) is 4.26. The Morgan fingerprint density at radius 1 is 1.15 bits per heavy atom. The molecule has 9 heteroatoms. The Hall–Kier alpha value is -3.59. The van der Waals surface area contributed by atoms with E-state index in [1.54, 1.807) is 54.5 Å². The van der Waals surface area contributed by atoms with E-state index < -0.39 is 5.92 Å². The largest absolute Gasteiger partial charge is 0.497 e. The lowest BCUT2D eigenvalue weighted by molar-refractivity contribution is -0.122. The van der Waals surface area contributed by atoms with Crippen molar-refractivity contribution in [2.75, 3.05) is 44.1 Å². The predicted molar refractivity (Wildman–Crippen MR) is 126 cm³/mol. The average Bonchev–Trinajstić information content (AvgIpc) is 3.52. The van der Waals surface area contributed by atoms with E-state index in [1.165, 1.54) is 7.11 Å². The zero-order valence-electron chi connectivity index (χ0n) is 19.3. The summed E-state index contributed by atoms with van der Waals surface area (Å²) in [6, 6.07) is 12.0. The minimum absolute atomic E-state index is 0.0242. The van der Waals surface area contributed by atoms with Gasteiger partial charge in [0.25, 0.3) is 5.91 Å². The second-order valence-electron chi connectivity index (χ2n) is 8.32. The number of ether oxygens (including phenoxy) is 3. The highest BCUT2D eigenvalue weighted by molar-refractivity contribution is 6.07. The molecule has 2 N–H and O–H groups in total. The number of anilines is 2. The van der Waals surface area contributed by atoms with E-state index in [9.17, 15) is 14.4 Å². The number of carbonyl (C=O) groups is 3. The minimum atomic E-state index is -0.567. The summed E-state index contributed by atoms with van der Waals surface area (Å²) in [6.07, 6.45) is 2.00. The summed E-state index contributed by atoms with van der Waals surface area (Å²) >= 11 is 0. The number of carbonyl (C=O) groups excluding carboxylic acids is 3. The molecule has 4 rings (SSSR count). The monoisotopic (exact) mass is 467 g/mol. The van der Waals surface area contributed by atoms with Gasteiger partial charge >= 0.3 is 0 Å². The van der Waals surface area contributed by atoms with Crippen LogP contribution < -0.4 is 25.0 Å². The Morgan fingerprint density at radius 3 is 2.71 bits per heavy atom. The molecule has 34 heavy (non-hydrogen) atoms. The van der Waals surface area contributed by atoms with Crippen LogP contribution in [0.25, 0.3) is 0 Å². The third kappa shape index (κ3) is 5.14. The maximum atomic E-state index is 13.0. The summed E-state index contributed by atoms with van der Waals surface area (Å²) in [4.78, 5) is 40.1. The fourth-order valence-corrected chi connectivity index (χ4v) is 4.26. The molecule has 2 aromatic carbocycles. The van der Waals surface area contributed by atoms with Gasteiger partial charge in [-0.15, -0.1) is 0 Å². The third-order valence-electron chi connectivity index (χ3n) is 6.12. The van der Waals surface area contributed by atoms with E-state index in [2.05, 4.69) is 10.6 Å². The van der Waals surface area contributed by atoms with Crippen molar-refractivity contribution in [2.24, 2.45) is 5.92 Å². The van der Waals surface area contributed by atoms with Crippen LogP contribution in [0.4, 0.5) is 11.4 Å². The zero-order chi connectivity index (χ0) is 24.1. The van der Waals surface area contributed by atoms with E-state index in [0.717, 1.165) is 12.8 Å². The van der Waals surface area contributed by atoms with Crippen LogP contribution in [0.2, 0.25) is 0 Å². The summed E-state index contributed by atoms with van der Waals surface area (Å²) in [7, 11) is 3.07. The van der Waals surface area contributed by atoms with Crippen LogP contribution >= 0.6 is 0 Å². The molecule has 2 unspecified atom stereocenters. The van der Waals surface area contributed by atoms with Crippen molar-refractivity contribution in [3.05, 3.63) is 48.0 Å². The molecule has 2 heterocycles. The number of amides is 3. The van der Waals surface area contributed by atoms with Crippen molar-refractivity contribution < 1.29 is 28.6 Å². The fraction of sp³-hybridized carbons (Fsp3) is 0.400. The van der Waals surface area contributed by atoms with Crippen LogP contribution in [0, 0.1) is 5.92 Å². The molecule has 0 aromatic heterocycles. The van der Waals surface area contributed by atoms with Gasteiger partial charge in [-0.25, -0.2) is 0 Å². The van der Waals surface area contributed by atoms with E-state index in [-0.39, 0.29) is 36.8 Å². The normalized spacial score (nSPS) is 19.7. The molecule has 0 spiro atoms. The summed E-state index contributed by atoms with van der Waals surface area (Å²) < 4.78 is 16.2. The quantitative estimate of drug-likeness (QED) is 0.618. The highest BCUT2D eigenvalue weighted by Crippen LogP contribution is 2.36. The highest BCUT2D eigenvalue weighted by atomic mass is 16.5. The molecule has 2 atom stereocenters. The average molecular weight is 468 g/mol. The summed E-state index contributed by atoms with van der Waals surface area (Å²) in [6.45, 7) is 1.35. The number of para-hydroxylation sites is 1. The molecule has 2 fully saturated rings. The first-order chi connectivity index (χ1) is 16.5. The number of rotatable bonds is 8. The lowest BCUT2D eigenvalue weighted by Gasteiger charge is -2.20. The molecule has 0 radical (unpaired) electrons. The second-order valence-corrected chi connectivity index (χ2v) is 8.32. The Morgan fingerprint density at radius 2 is 1.97 bits per heavy atom. The van der Waals surface area contributed by atoms with Crippen molar-refractivity contribution in [3.63, 3.8) is 0 Å². The standard InChI is InChI=1S/C25H29N3O6/c1-32-17-9-10-21(22(13-17)33-2)28-15-16(12-23(28)29)24(30)27-20-8-4-3-7-19(20)25(31)26-14-18-6-5-11-34-18/h3-4,7-10,13,16,18H,5-6,11-12,14-15H2,1-2H3,(H,26,31)(H,27,30). The summed E-state index contributed by atoms with van der Waals surface area (Å²) in [5, 5.41) is 5.72. The zero-order valence-corrected chi connectivity index (χ0v) is 19.3. The van der Waals surface area contributed by atoms with Gasteiger partial charge in [0, 0.05) is 32.2 Å². The SMILES string of the molecule is COc1ccc(N2CC(C(=O)Nc3ccccc3C(=O)NCC3CCCO3)CC2=O)c(OC)c1. The van der Waals surface area contributed by atoms with Gasteiger partial charge in [0.2, 0.25) is 11.8 Å². The molecular formula is C25H29N3O6. The van der Waals surface area contributed by atoms with Crippen molar-refractivity contribution in [1.82, 2.24) is 5.32 Å². The molecule has 0 bridgehead atoms. The number of nitrogens with one attached hydrogen (secondary N) is 2. The molecule has 9 nitrogen and oxygen atoms in total. The molecule has 0 saturated carbocycles. The van der Waals surface area contributed by atoms with Crippen LogP contribution in [-0.2, 0) is 14.3 Å². The van der Waals surface area contributed by atoms with Gasteiger partial charge in [0.15, 0.2) is 0 Å². The summed E-state index contributed by atoms with van der Waals surface area (Å²) in [5.74, 6) is -0.243. The van der Waals surface area contributed by atoms with Crippen LogP contribution in [0.3, 0.4) is 0 Å². The molecule has 2 aliphatic rings. The number of nitrogens with zero attached hydrogens (tertiary/aromatic N) is 1. The van der Waals surface area contributed by atoms with E-state index in [1.807, 2.05) is 0 Å². The van der Waals surface area contributed by atoms with Gasteiger partial charge < -0.3 is 29.7 Å². The third-order valence-corrected chi connectivity index (χ3v) is 6.12. The topological polar surface area (TPSA) is 106 Å². The molecule has 180 valence electrons. The lowest BCUT2D eigenvalue weighted by atomic mass is 10.1. The molecule has 3 amide bonds. The van der Waals surface area contributed by atoms with E-state index >= 15 is 0 Å². The molecule has 0 aliphatic carbocycles. The maximum Gasteiger partial charge on any atom is 0.253 e. The number of benzene rings is 2. The van der Waals surface area contributed by atoms with Crippen molar-refractivity contribution in [2.45, 2.75) is 25.4 Å². The van der Waals surface area contributed by atoms with Gasteiger partial charge in [-0.3, -0.25) is 14.4 Å². The second kappa shape index (κ2) is 10.6. The van der Waals surface area contributed by atoms with Gasteiger partial charge in [-0.05, 0) is 37.1 Å². The Bertz CT molecular complexity index is 1070. The minimum Gasteiger partial charge on any atom is -0.497 e. The van der Waals surface area contributed by atoms with E-state index in [0.29, 0.717) is 41.6 Å². The van der Waals surface area contributed by atoms with E-state index in [4.69, 9.17) is 14.2 Å². The molecule has 2 saturated heterocycles. The molecule has 2 aromatic rings. The smallest absolute Gasteiger partial charge is 0.253 e. The van der Waals surface area contributed by atoms with Crippen LogP contribution in [0.1, 0.15) is 29.6 Å². The number of methoxy groups -OCH3 is 2. The van der Waals surface area contributed by atoms with Gasteiger partial charge in [-0.1, -0.05) is 12.1 Å². The highest BCUT2D eigenvalue weighted by Gasteiger charge is 2.36. The molecular weight excluding hydrogens is 438 g/mol. The first kappa shape index (κ1) is 23.6. The van der Waals surface area contributed by atoms with Crippen LogP contribution in [-0.4, -0.2) is 57.7 Å². The Kier molecular flexibility index (Phi) is 7.32. The first-order valence-electron chi connectivity index (χ1n) is 11.3. The van der Waals surface area contributed by atoms with Crippen molar-refractivity contribution >= 4 is 29.1 Å². The first-order valence-corrected chi connectivity index (χ1v) is 11.3. The van der Waals surface area contributed by atoms with Crippen molar-refractivity contribution in [3.8, 4) is 11.5 Å². The molecule has 2 aliphatic heterocycles. The van der Waals surface area contributed by atoms with Gasteiger partial charge in [0.1, 0.15) is 11.5 Å². The van der Waals surface area contributed by atoms with Crippen LogP contribution in [0.15, 0.2) is 42.5 Å². The Balaban J connectivity index is 1.43. The maximum absolute atomic E-state index is 13.0. The van der Waals surface area contributed by atoms with Gasteiger partial charge in [0.05, 0.1) is 43.2 Å².